The zero-order valence-electron chi connectivity index (χ0n) is 10.2. The number of nitrogens with zero attached hydrogens (tertiary/aromatic N) is 2. The van der Waals surface area contributed by atoms with E-state index in [1.807, 2.05) is 18.4 Å². The number of hydrogen-bond acceptors (Lipinski definition) is 7. The fraction of sp³-hybridized carbons (Fsp3) is 0.455. The molecule has 0 aliphatic heterocycles. The van der Waals surface area contributed by atoms with Crippen molar-refractivity contribution in [2.24, 2.45) is 5.73 Å². The van der Waals surface area contributed by atoms with Gasteiger partial charge in [0.2, 0.25) is 0 Å². The van der Waals surface area contributed by atoms with Gasteiger partial charge in [-0.25, -0.2) is 0 Å². The van der Waals surface area contributed by atoms with E-state index in [1.165, 1.54) is 0 Å². The van der Waals surface area contributed by atoms with E-state index in [0.717, 1.165) is 20.9 Å². The van der Waals surface area contributed by atoms with Gasteiger partial charge in [0.25, 0.3) is 0 Å². The average Bonchev–Trinajstić information content (AvgIpc) is 3.05. The molecule has 2 unspecified atom stereocenters. The van der Waals surface area contributed by atoms with Crippen LogP contribution >= 0.6 is 34.9 Å². The van der Waals surface area contributed by atoms with Crippen molar-refractivity contribution in [1.29, 1.82) is 0 Å². The standard InChI is InChI=1S/C11H15N3OS3/c1-3-7(12)9(8-5-4-6-15-8)17-11-14-13-10(16-2)18-11/h4-7,9H,3,12H2,1-2H3. The molecular formula is C11H15N3OS3. The Morgan fingerprint density at radius 3 is 2.78 bits per heavy atom. The first kappa shape index (κ1) is 13.9. The number of rotatable bonds is 6. The van der Waals surface area contributed by atoms with Crippen LogP contribution in [-0.2, 0) is 0 Å². The van der Waals surface area contributed by atoms with E-state index in [9.17, 15) is 0 Å². The molecule has 0 aliphatic carbocycles. The number of hydrogen-bond donors (Lipinski definition) is 1. The Labute approximate surface area is 119 Å². The highest BCUT2D eigenvalue weighted by molar-refractivity contribution is 8.03. The van der Waals surface area contributed by atoms with Gasteiger partial charge in [-0.3, -0.25) is 0 Å². The fourth-order valence-corrected chi connectivity index (χ4v) is 4.29. The topological polar surface area (TPSA) is 64.9 Å². The molecular weight excluding hydrogens is 286 g/mol. The van der Waals surface area contributed by atoms with Crippen LogP contribution in [0, 0.1) is 0 Å². The zero-order valence-corrected chi connectivity index (χ0v) is 12.6. The van der Waals surface area contributed by atoms with Crippen LogP contribution in [0.15, 0.2) is 31.5 Å². The van der Waals surface area contributed by atoms with Crippen molar-refractivity contribution in [3.8, 4) is 0 Å². The third-order valence-electron chi connectivity index (χ3n) is 2.47. The molecule has 0 saturated carbocycles. The molecule has 0 saturated heterocycles. The maximum atomic E-state index is 6.17. The molecule has 0 bridgehead atoms. The predicted molar refractivity (Wildman–Crippen MR) is 77.3 cm³/mol. The number of thioether (sulfide) groups is 2. The van der Waals surface area contributed by atoms with E-state index in [4.69, 9.17) is 10.2 Å². The number of nitrogens with two attached hydrogens (primary N) is 1. The lowest BCUT2D eigenvalue weighted by Crippen LogP contribution is -2.25. The molecule has 2 aromatic heterocycles. The summed E-state index contributed by atoms with van der Waals surface area (Å²) in [5.41, 5.74) is 6.17. The summed E-state index contributed by atoms with van der Waals surface area (Å²) in [6.07, 6.45) is 4.57. The van der Waals surface area contributed by atoms with Crippen LogP contribution in [0.3, 0.4) is 0 Å². The maximum absolute atomic E-state index is 6.17. The minimum Gasteiger partial charge on any atom is -0.468 e. The van der Waals surface area contributed by atoms with Crippen molar-refractivity contribution in [2.45, 2.75) is 33.3 Å². The summed E-state index contributed by atoms with van der Waals surface area (Å²) in [5, 5.41) is 8.35. The first-order valence-electron chi connectivity index (χ1n) is 5.57. The lowest BCUT2D eigenvalue weighted by molar-refractivity contribution is 0.474. The van der Waals surface area contributed by atoms with Gasteiger partial charge in [0.15, 0.2) is 8.68 Å². The second-order valence-electron chi connectivity index (χ2n) is 3.66. The fourth-order valence-electron chi connectivity index (χ4n) is 1.46. The molecule has 18 heavy (non-hydrogen) atoms. The molecule has 2 atom stereocenters. The van der Waals surface area contributed by atoms with Gasteiger partial charge >= 0.3 is 0 Å². The Hall–Kier alpha value is -0.500. The van der Waals surface area contributed by atoms with Crippen molar-refractivity contribution in [3.05, 3.63) is 24.2 Å². The Morgan fingerprint density at radius 2 is 2.22 bits per heavy atom. The minimum atomic E-state index is 0.0442. The second-order valence-corrected chi connectivity index (χ2v) is 7.08. The number of furan rings is 1. The Kier molecular flexibility index (Phi) is 5.11. The average molecular weight is 301 g/mol. The lowest BCUT2D eigenvalue weighted by atomic mass is 10.1. The van der Waals surface area contributed by atoms with Crippen LogP contribution in [0.2, 0.25) is 0 Å². The summed E-state index contributed by atoms with van der Waals surface area (Å²) in [4.78, 5) is 0. The van der Waals surface area contributed by atoms with Gasteiger partial charge in [0, 0.05) is 6.04 Å². The summed E-state index contributed by atoms with van der Waals surface area (Å²) in [7, 11) is 0. The van der Waals surface area contributed by atoms with E-state index in [-0.39, 0.29) is 11.3 Å². The van der Waals surface area contributed by atoms with Gasteiger partial charge in [-0.1, -0.05) is 41.8 Å². The first-order chi connectivity index (χ1) is 8.74. The molecule has 2 N–H and O–H groups in total. The van der Waals surface area contributed by atoms with Crippen LogP contribution in [0.4, 0.5) is 0 Å². The minimum absolute atomic E-state index is 0.0442. The van der Waals surface area contributed by atoms with Gasteiger partial charge in [-0.15, -0.1) is 10.2 Å². The third kappa shape index (κ3) is 3.28. The van der Waals surface area contributed by atoms with Crippen molar-refractivity contribution in [2.75, 3.05) is 6.26 Å². The lowest BCUT2D eigenvalue weighted by Gasteiger charge is -2.18. The quantitative estimate of drug-likeness (QED) is 0.825. The summed E-state index contributed by atoms with van der Waals surface area (Å²) in [5.74, 6) is 0.898. The van der Waals surface area contributed by atoms with Gasteiger partial charge in [-0.2, -0.15) is 0 Å². The van der Waals surface area contributed by atoms with Crippen molar-refractivity contribution < 1.29 is 4.42 Å². The van der Waals surface area contributed by atoms with E-state index in [2.05, 4.69) is 17.1 Å². The summed E-state index contributed by atoms with van der Waals surface area (Å²) in [6.45, 7) is 2.08. The zero-order chi connectivity index (χ0) is 13.0. The molecule has 7 heteroatoms. The van der Waals surface area contributed by atoms with Crippen LogP contribution in [-0.4, -0.2) is 22.5 Å². The summed E-state index contributed by atoms with van der Waals surface area (Å²) >= 11 is 4.83. The molecule has 0 aliphatic rings. The molecule has 0 aromatic carbocycles. The Bertz CT molecular complexity index is 472. The van der Waals surface area contributed by atoms with Crippen LogP contribution in [0.1, 0.15) is 24.4 Å². The second kappa shape index (κ2) is 6.60. The monoisotopic (exact) mass is 301 g/mol. The molecule has 0 amide bonds. The molecule has 98 valence electrons. The molecule has 4 nitrogen and oxygen atoms in total. The SMILES string of the molecule is CCC(N)C(Sc1nnc(SC)s1)c1ccco1. The largest absolute Gasteiger partial charge is 0.468 e. The smallest absolute Gasteiger partial charge is 0.175 e. The normalized spacial score (nSPS) is 14.6. The van der Waals surface area contributed by atoms with Crippen molar-refractivity contribution in [1.82, 2.24) is 10.2 Å². The molecule has 2 aromatic rings. The molecule has 0 fully saturated rings. The highest BCUT2D eigenvalue weighted by Gasteiger charge is 2.24. The highest BCUT2D eigenvalue weighted by Crippen LogP contribution is 2.40. The Morgan fingerprint density at radius 1 is 1.44 bits per heavy atom. The van der Waals surface area contributed by atoms with Gasteiger partial charge in [0.05, 0.1) is 11.5 Å². The molecule has 0 radical (unpaired) electrons. The van der Waals surface area contributed by atoms with Crippen molar-refractivity contribution in [3.63, 3.8) is 0 Å². The maximum Gasteiger partial charge on any atom is 0.175 e. The van der Waals surface area contributed by atoms with E-state index in [1.54, 1.807) is 41.1 Å². The summed E-state index contributed by atoms with van der Waals surface area (Å²) < 4.78 is 7.38. The van der Waals surface area contributed by atoms with Gasteiger partial charge in [0.1, 0.15) is 5.76 Å². The van der Waals surface area contributed by atoms with E-state index >= 15 is 0 Å². The highest BCUT2D eigenvalue weighted by atomic mass is 32.2. The van der Waals surface area contributed by atoms with Crippen LogP contribution in [0.5, 0.6) is 0 Å². The third-order valence-corrected chi connectivity index (χ3v) is 5.83. The van der Waals surface area contributed by atoms with Crippen LogP contribution in [0.25, 0.3) is 0 Å². The van der Waals surface area contributed by atoms with Crippen molar-refractivity contribution >= 4 is 34.9 Å². The molecule has 2 rings (SSSR count). The van der Waals surface area contributed by atoms with Crippen LogP contribution < -0.4 is 5.73 Å². The molecule has 2 heterocycles. The Balaban J connectivity index is 2.15. The predicted octanol–water partition coefficient (Wildman–Crippen LogP) is 3.42. The van der Waals surface area contributed by atoms with Gasteiger partial charge < -0.3 is 10.2 Å². The first-order valence-corrected chi connectivity index (χ1v) is 8.49. The molecule has 0 spiro atoms. The van der Waals surface area contributed by atoms with E-state index in [0.29, 0.717) is 0 Å². The number of aromatic nitrogens is 2. The summed E-state index contributed by atoms with van der Waals surface area (Å²) in [6, 6.07) is 3.89. The van der Waals surface area contributed by atoms with Gasteiger partial charge in [-0.05, 0) is 24.8 Å². The van der Waals surface area contributed by atoms with E-state index < -0.39 is 0 Å².